The van der Waals surface area contributed by atoms with Crippen molar-refractivity contribution in [3.05, 3.63) is 53.5 Å². The number of hydrogen-bond donors (Lipinski definition) is 1. The van der Waals surface area contributed by atoms with Gasteiger partial charge in [-0.1, -0.05) is 0 Å². The summed E-state index contributed by atoms with van der Waals surface area (Å²) in [5, 5.41) is 8.18. The smallest absolute Gasteiger partial charge is 0.242 e. The Balaban J connectivity index is 1.17. The number of fused-ring (bicyclic) bond motifs is 3. The van der Waals surface area contributed by atoms with Crippen molar-refractivity contribution < 1.29 is 17.9 Å². The van der Waals surface area contributed by atoms with Gasteiger partial charge in [-0.2, -0.15) is 9.37 Å². The fraction of sp³-hybridized carbons (Fsp3) is 0.500. The first-order chi connectivity index (χ1) is 17.0. The summed E-state index contributed by atoms with van der Waals surface area (Å²) >= 11 is 0. The summed E-state index contributed by atoms with van der Waals surface area (Å²) in [6.07, 6.45) is 4.61. The van der Waals surface area contributed by atoms with Gasteiger partial charge in [0.05, 0.1) is 0 Å². The summed E-state index contributed by atoms with van der Waals surface area (Å²) in [7, 11) is 0. The van der Waals surface area contributed by atoms with Gasteiger partial charge in [-0.05, 0) is 56.6 Å². The van der Waals surface area contributed by atoms with Crippen LogP contribution in [0.2, 0.25) is 0 Å². The van der Waals surface area contributed by atoms with Crippen LogP contribution in [0, 0.1) is 36.2 Å². The van der Waals surface area contributed by atoms with Crippen molar-refractivity contribution in [1.29, 1.82) is 0 Å². The highest BCUT2D eigenvalue weighted by Crippen LogP contribution is 2.40. The maximum Gasteiger partial charge on any atom is 0.242 e. The molecule has 35 heavy (non-hydrogen) atoms. The van der Waals surface area contributed by atoms with Crippen molar-refractivity contribution in [1.82, 2.24) is 24.7 Å². The first kappa shape index (κ1) is 22.1. The van der Waals surface area contributed by atoms with E-state index in [0.29, 0.717) is 36.6 Å². The minimum atomic E-state index is -1.54. The van der Waals surface area contributed by atoms with Crippen molar-refractivity contribution in [2.75, 3.05) is 23.3 Å². The van der Waals surface area contributed by atoms with Crippen LogP contribution < -0.4 is 15.0 Å². The SMILES string of the molecule is Cc1cc(N2C[C@H]3CC[C@@H](C2)C3Nc2nc3n(n2)CCC[C@H]3Oc2ccc(F)c(F)c2F)ncn1. The number of aromatic nitrogens is 5. The Hall–Kier alpha value is -3.37. The minimum absolute atomic E-state index is 0.252. The Morgan fingerprint density at radius 3 is 2.60 bits per heavy atom. The number of nitrogens with zero attached hydrogens (tertiary/aromatic N) is 6. The van der Waals surface area contributed by atoms with Gasteiger partial charge >= 0.3 is 0 Å². The quantitative estimate of drug-likeness (QED) is 0.547. The zero-order valence-corrected chi connectivity index (χ0v) is 19.3. The Morgan fingerprint density at radius 1 is 1.03 bits per heavy atom. The van der Waals surface area contributed by atoms with Gasteiger partial charge in [0.1, 0.15) is 12.1 Å². The van der Waals surface area contributed by atoms with Crippen molar-refractivity contribution in [3.63, 3.8) is 0 Å². The van der Waals surface area contributed by atoms with E-state index in [0.717, 1.165) is 56.0 Å². The molecule has 1 unspecified atom stereocenters. The molecule has 1 saturated heterocycles. The van der Waals surface area contributed by atoms with Gasteiger partial charge in [0.25, 0.3) is 0 Å². The second-order valence-corrected chi connectivity index (χ2v) is 9.63. The molecule has 2 fully saturated rings. The molecule has 3 aliphatic rings. The van der Waals surface area contributed by atoms with E-state index in [1.54, 1.807) is 11.0 Å². The minimum Gasteiger partial charge on any atom is -0.479 e. The Labute approximate surface area is 200 Å². The highest BCUT2D eigenvalue weighted by atomic mass is 19.2. The predicted molar refractivity (Wildman–Crippen MR) is 122 cm³/mol. The molecule has 4 heterocycles. The molecule has 8 nitrogen and oxygen atoms in total. The number of rotatable bonds is 5. The molecule has 3 aromatic rings. The molecule has 1 N–H and O–H groups in total. The van der Waals surface area contributed by atoms with Gasteiger partial charge in [0, 0.05) is 37.4 Å². The van der Waals surface area contributed by atoms with Crippen LogP contribution in [0.3, 0.4) is 0 Å². The molecule has 1 saturated carbocycles. The lowest BCUT2D eigenvalue weighted by Gasteiger charge is -2.38. The van der Waals surface area contributed by atoms with Crippen LogP contribution in [0.5, 0.6) is 5.75 Å². The molecule has 6 rings (SSSR count). The van der Waals surface area contributed by atoms with Crippen LogP contribution in [0.25, 0.3) is 0 Å². The van der Waals surface area contributed by atoms with Gasteiger partial charge in [-0.3, -0.25) is 0 Å². The van der Waals surface area contributed by atoms with E-state index in [4.69, 9.17) is 4.74 Å². The van der Waals surface area contributed by atoms with Gasteiger partial charge < -0.3 is 15.0 Å². The molecule has 11 heteroatoms. The van der Waals surface area contributed by atoms with Crippen molar-refractivity contribution in [2.24, 2.45) is 11.8 Å². The number of benzene rings is 1. The van der Waals surface area contributed by atoms with Crippen LogP contribution in [-0.4, -0.2) is 43.9 Å². The van der Waals surface area contributed by atoms with E-state index >= 15 is 0 Å². The molecule has 1 aromatic carbocycles. The second kappa shape index (κ2) is 8.69. The van der Waals surface area contributed by atoms with Gasteiger partial charge in [-0.15, -0.1) is 5.10 Å². The fourth-order valence-corrected chi connectivity index (χ4v) is 5.65. The predicted octanol–water partition coefficient (Wildman–Crippen LogP) is 4.03. The van der Waals surface area contributed by atoms with E-state index in [1.165, 1.54) is 0 Å². The van der Waals surface area contributed by atoms with Crippen LogP contribution in [-0.2, 0) is 6.54 Å². The average Bonchev–Trinajstić information content (AvgIpc) is 3.36. The number of piperidine rings is 1. The Morgan fingerprint density at radius 2 is 1.83 bits per heavy atom. The van der Waals surface area contributed by atoms with E-state index < -0.39 is 23.6 Å². The number of hydrogen-bond acceptors (Lipinski definition) is 7. The maximum absolute atomic E-state index is 14.2. The van der Waals surface area contributed by atoms with Gasteiger partial charge in [0.2, 0.25) is 11.8 Å². The summed E-state index contributed by atoms with van der Waals surface area (Å²) in [5.41, 5.74) is 0.954. The first-order valence-electron chi connectivity index (χ1n) is 12.0. The number of aryl methyl sites for hydroxylation is 2. The van der Waals surface area contributed by atoms with Crippen LogP contribution in [0.4, 0.5) is 24.9 Å². The lowest BCUT2D eigenvalue weighted by atomic mass is 9.92. The highest BCUT2D eigenvalue weighted by molar-refractivity contribution is 5.41. The fourth-order valence-electron chi connectivity index (χ4n) is 5.65. The lowest BCUT2D eigenvalue weighted by Crippen LogP contribution is -2.48. The molecule has 0 amide bonds. The van der Waals surface area contributed by atoms with Crippen LogP contribution >= 0.6 is 0 Å². The van der Waals surface area contributed by atoms with E-state index in [2.05, 4.69) is 30.3 Å². The first-order valence-corrected chi connectivity index (χ1v) is 12.0. The number of anilines is 2. The van der Waals surface area contributed by atoms with Crippen LogP contribution in [0.15, 0.2) is 24.5 Å². The standard InChI is InChI=1S/C24H26F3N7O/c1-13-9-19(29-12-28-13)33-10-14-4-5-15(11-33)22(14)30-24-31-23-18(3-2-8-34(23)32-24)35-17-7-6-16(25)20(26)21(17)27/h6-7,9,12,14-15,18,22H,2-5,8,10-11H2,1H3,(H,30,32)/t14-,15+,18-,22?/m1/s1. The lowest BCUT2D eigenvalue weighted by molar-refractivity contribution is 0.147. The monoisotopic (exact) mass is 485 g/mol. The summed E-state index contributed by atoms with van der Waals surface area (Å²) in [6, 6.07) is 4.24. The molecule has 2 aromatic heterocycles. The van der Waals surface area contributed by atoms with Crippen molar-refractivity contribution >= 4 is 11.8 Å². The molecule has 2 aliphatic heterocycles. The zero-order valence-electron chi connectivity index (χ0n) is 19.3. The number of ether oxygens (including phenoxy) is 1. The maximum atomic E-state index is 14.2. The average molecular weight is 486 g/mol. The molecule has 0 spiro atoms. The largest absolute Gasteiger partial charge is 0.479 e. The highest BCUT2D eigenvalue weighted by Gasteiger charge is 2.43. The van der Waals surface area contributed by atoms with E-state index in [1.807, 2.05) is 13.0 Å². The van der Waals surface area contributed by atoms with Crippen molar-refractivity contribution in [3.8, 4) is 5.75 Å². The topological polar surface area (TPSA) is 81.0 Å². The number of halogens is 3. The third kappa shape index (κ3) is 4.06. The van der Waals surface area contributed by atoms with Gasteiger partial charge in [0.15, 0.2) is 29.3 Å². The zero-order chi connectivity index (χ0) is 24.1. The molecular weight excluding hydrogens is 459 g/mol. The van der Waals surface area contributed by atoms with E-state index in [9.17, 15) is 13.2 Å². The molecule has 2 bridgehead atoms. The molecule has 0 radical (unpaired) electrons. The normalized spacial score (nSPS) is 25.4. The molecule has 4 atom stereocenters. The van der Waals surface area contributed by atoms with Gasteiger partial charge in [-0.25, -0.2) is 23.4 Å². The Kier molecular flexibility index (Phi) is 5.49. The van der Waals surface area contributed by atoms with Crippen molar-refractivity contribution in [2.45, 2.75) is 51.3 Å². The molecule has 1 aliphatic carbocycles. The summed E-state index contributed by atoms with van der Waals surface area (Å²) < 4.78 is 48.6. The second-order valence-electron chi connectivity index (χ2n) is 9.63. The Bertz CT molecular complexity index is 1240. The van der Waals surface area contributed by atoms with E-state index in [-0.39, 0.29) is 11.8 Å². The number of nitrogens with one attached hydrogen (secondary N) is 1. The molecular formula is C24H26F3N7O. The molecule has 184 valence electrons. The van der Waals surface area contributed by atoms with Crippen LogP contribution in [0.1, 0.15) is 43.3 Å². The summed E-state index contributed by atoms with van der Waals surface area (Å²) in [4.78, 5) is 15.7. The third-order valence-corrected chi connectivity index (χ3v) is 7.34. The summed E-state index contributed by atoms with van der Waals surface area (Å²) in [5.74, 6) is -1.52. The summed E-state index contributed by atoms with van der Waals surface area (Å²) in [6.45, 7) is 4.44. The third-order valence-electron chi connectivity index (χ3n) is 7.34.